The van der Waals surface area contributed by atoms with Gasteiger partial charge in [-0.05, 0) is 28.1 Å². The van der Waals surface area contributed by atoms with Crippen molar-refractivity contribution in [1.82, 2.24) is 45.1 Å². The Balaban J connectivity index is 1.36. The SMILES string of the molecule is COc1cc(OCc2c(-c3nc(-c4cccc(Cn5cnnn5)c4)no3)cnn2C)ccn1. The van der Waals surface area contributed by atoms with Crippen molar-refractivity contribution in [2.45, 2.75) is 13.2 Å². The second-order valence-corrected chi connectivity index (χ2v) is 7.08. The second-order valence-electron chi connectivity index (χ2n) is 7.08. The highest BCUT2D eigenvalue weighted by Gasteiger charge is 2.19. The summed E-state index contributed by atoms with van der Waals surface area (Å²) in [6.45, 7) is 0.785. The lowest BCUT2D eigenvalue weighted by atomic mass is 10.1. The monoisotopic (exact) mass is 445 g/mol. The molecule has 0 saturated carbocycles. The normalized spacial score (nSPS) is 11.0. The number of tetrazole rings is 1. The molecule has 0 bridgehead atoms. The molecule has 0 N–H and O–H groups in total. The lowest BCUT2D eigenvalue weighted by Gasteiger charge is -2.08. The molecule has 0 aliphatic rings. The summed E-state index contributed by atoms with van der Waals surface area (Å²) in [5.74, 6) is 1.93. The quantitative estimate of drug-likeness (QED) is 0.350. The largest absolute Gasteiger partial charge is 0.487 e. The van der Waals surface area contributed by atoms with Gasteiger partial charge >= 0.3 is 0 Å². The molecule has 33 heavy (non-hydrogen) atoms. The molecule has 0 aliphatic carbocycles. The maximum atomic E-state index is 5.90. The Hall–Kier alpha value is -4.61. The van der Waals surface area contributed by atoms with Crippen LogP contribution in [0, 0.1) is 0 Å². The van der Waals surface area contributed by atoms with Gasteiger partial charge in [-0.1, -0.05) is 23.4 Å². The average Bonchev–Trinajstić information content (AvgIpc) is 3.60. The zero-order valence-electron chi connectivity index (χ0n) is 17.9. The number of aryl methyl sites for hydroxylation is 1. The van der Waals surface area contributed by atoms with E-state index in [4.69, 9.17) is 14.0 Å². The van der Waals surface area contributed by atoms with Gasteiger partial charge in [-0.3, -0.25) is 4.68 Å². The first-order valence-electron chi connectivity index (χ1n) is 9.97. The van der Waals surface area contributed by atoms with Gasteiger partial charge in [-0.2, -0.15) is 10.1 Å². The summed E-state index contributed by atoms with van der Waals surface area (Å²) in [5.41, 5.74) is 3.31. The predicted molar refractivity (Wildman–Crippen MR) is 114 cm³/mol. The second kappa shape index (κ2) is 8.86. The predicted octanol–water partition coefficient (Wildman–Crippen LogP) is 2.15. The van der Waals surface area contributed by atoms with Crippen LogP contribution >= 0.6 is 0 Å². The Kier molecular flexibility index (Phi) is 5.45. The Bertz CT molecular complexity index is 1360. The van der Waals surface area contributed by atoms with Crippen molar-refractivity contribution in [2.24, 2.45) is 7.05 Å². The molecule has 0 fully saturated rings. The van der Waals surface area contributed by atoms with Crippen LogP contribution in [-0.4, -0.2) is 52.2 Å². The molecule has 5 aromatic rings. The number of ether oxygens (including phenoxy) is 2. The van der Waals surface area contributed by atoms with E-state index in [1.807, 2.05) is 31.3 Å². The van der Waals surface area contributed by atoms with Crippen molar-refractivity contribution >= 4 is 0 Å². The van der Waals surface area contributed by atoms with Crippen LogP contribution in [-0.2, 0) is 20.2 Å². The van der Waals surface area contributed by atoms with Crippen LogP contribution in [0.1, 0.15) is 11.3 Å². The third-order valence-corrected chi connectivity index (χ3v) is 4.93. The molecule has 0 aliphatic heterocycles. The lowest BCUT2D eigenvalue weighted by molar-refractivity contribution is 0.291. The number of rotatable bonds is 8. The lowest BCUT2D eigenvalue weighted by Crippen LogP contribution is -2.04. The summed E-state index contributed by atoms with van der Waals surface area (Å²) >= 11 is 0. The molecule has 0 saturated heterocycles. The molecular formula is C21H19N9O3. The summed E-state index contributed by atoms with van der Waals surface area (Å²) < 4.78 is 20.0. The third kappa shape index (κ3) is 4.39. The van der Waals surface area contributed by atoms with Gasteiger partial charge in [0.1, 0.15) is 18.7 Å². The van der Waals surface area contributed by atoms with E-state index in [9.17, 15) is 0 Å². The molecule has 0 atom stereocenters. The van der Waals surface area contributed by atoms with Crippen LogP contribution in [0.2, 0.25) is 0 Å². The highest BCUT2D eigenvalue weighted by atomic mass is 16.5. The van der Waals surface area contributed by atoms with Crippen molar-refractivity contribution in [1.29, 1.82) is 0 Å². The van der Waals surface area contributed by atoms with Crippen LogP contribution in [0.25, 0.3) is 22.8 Å². The summed E-state index contributed by atoms with van der Waals surface area (Å²) in [5, 5.41) is 19.7. The first-order valence-corrected chi connectivity index (χ1v) is 9.97. The highest BCUT2D eigenvalue weighted by Crippen LogP contribution is 2.27. The number of hydrogen-bond donors (Lipinski definition) is 0. The van der Waals surface area contributed by atoms with Gasteiger partial charge in [0.2, 0.25) is 11.7 Å². The van der Waals surface area contributed by atoms with Crippen molar-refractivity contribution < 1.29 is 14.0 Å². The minimum atomic E-state index is 0.248. The van der Waals surface area contributed by atoms with E-state index in [1.54, 1.807) is 47.3 Å². The number of hydrogen-bond acceptors (Lipinski definition) is 10. The minimum Gasteiger partial charge on any atom is -0.487 e. The van der Waals surface area contributed by atoms with Crippen LogP contribution in [0.5, 0.6) is 11.6 Å². The molecular weight excluding hydrogens is 426 g/mol. The van der Waals surface area contributed by atoms with Gasteiger partial charge in [-0.15, -0.1) is 5.10 Å². The molecule has 12 heteroatoms. The van der Waals surface area contributed by atoms with Crippen LogP contribution in [0.3, 0.4) is 0 Å². The average molecular weight is 445 g/mol. The van der Waals surface area contributed by atoms with Gasteiger partial charge in [-0.25, -0.2) is 9.67 Å². The van der Waals surface area contributed by atoms with E-state index in [1.165, 1.54) is 0 Å². The standard InChI is InChI=1S/C21H19N9O3/c1-29-18(12-32-16-6-7-22-19(9-16)31-2)17(10-24-29)21-25-20(26-33-21)15-5-3-4-14(8-15)11-30-13-23-27-28-30/h3-10,13H,11-12H2,1-2H3. The van der Waals surface area contributed by atoms with Crippen molar-refractivity contribution in [3.8, 4) is 34.5 Å². The van der Waals surface area contributed by atoms with Gasteiger partial charge in [0.05, 0.1) is 31.1 Å². The van der Waals surface area contributed by atoms with Crippen LogP contribution in [0.15, 0.2) is 59.6 Å². The van der Waals surface area contributed by atoms with E-state index >= 15 is 0 Å². The number of aromatic nitrogens is 9. The molecule has 5 rings (SSSR count). The Morgan fingerprint density at radius 3 is 2.94 bits per heavy atom. The zero-order chi connectivity index (χ0) is 22.6. The van der Waals surface area contributed by atoms with E-state index in [0.29, 0.717) is 35.5 Å². The minimum absolute atomic E-state index is 0.248. The first kappa shape index (κ1) is 20.3. The van der Waals surface area contributed by atoms with E-state index in [2.05, 4.69) is 35.7 Å². The third-order valence-electron chi connectivity index (χ3n) is 4.93. The summed E-state index contributed by atoms with van der Waals surface area (Å²) in [6.07, 6.45) is 4.86. The molecule has 1 aromatic carbocycles. The molecule has 0 unspecified atom stereocenters. The zero-order valence-corrected chi connectivity index (χ0v) is 17.9. The fraction of sp³-hybridized carbons (Fsp3) is 0.190. The van der Waals surface area contributed by atoms with E-state index in [-0.39, 0.29) is 6.61 Å². The molecule has 12 nitrogen and oxygen atoms in total. The van der Waals surface area contributed by atoms with E-state index in [0.717, 1.165) is 16.8 Å². The van der Waals surface area contributed by atoms with Gasteiger partial charge in [0.15, 0.2) is 0 Å². The van der Waals surface area contributed by atoms with Crippen molar-refractivity contribution in [3.05, 3.63) is 66.4 Å². The molecule has 0 spiro atoms. The Morgan fingerprint density at radius 1 is 1.15 bits per heavy atom. The number of nitrogens with zero attached hydrogens (tertiary/aromatic N) is 9. The molecule has 0 radical (unpaired) electrons. The summed E-state index contributed by atoms with van der Waals surface area (Å²) in [7, 11) is 3.38. The number of benzene rings is 1. The topological polar surface area (TPSA) is 132 Å². The molecule has 4 heterocycles. The van der Waals surface area contributed by atoms with Crippen molar-refractivity contribution in [2.75, 3.05) is 7.11 Å². The summed E-state index contributed by atoms with van der Waals surface area (Å²) in [6, 6.07) is 11.3. The molecule has 0 amide bonds. The van der Waals surface area contributed by atoms with Gasteiger partial charge in [0, 0.05) is 24.9 Å². The maximum Gasteiger partial charge on any atom is 0.261 e. The highest BCUT2D eigenvalue weighted by molar-refractivity contribution is 5.61. The number of methoxy groups -OCH3 is 1. The smallest absolute Gasteiger partial charge is 0.261 e. The van der Waals surface area contributed by atoms with Gasteiger partial charge in [0.25, 0.3) is 5.89 Å². The first-order chi connectivity index (χ1) is 16.2. The summed E-state index contributed by atoms with van der Waals surface area (Å²) in [4.78, 5) is 8.66. The van der Waals surface area contributed by atoms with Crippen LogP contribution < -0.4 is 9.47 Å². The van der Waals surface area contributed by atoms with E-state index < -0.39 is 0 Å². The molecule has 4 aromatic heterocycles. The molecule has 166 valence electrons. The number of pyridine rings is 1. The van der Waals surface area contributed by atoms with Gasteiger partial charge < -0.3 is 14.0 Å². The fourth-order valence-corrected chi connectivity index (χ4v) is 3.26. The van der Waals surface area contributed by atoms with Crippen molar-refractivity contribution in [3.63, 3.8) is 0 Å². The maximum absolute atomic E-state index is 5.90. The Labute approximate surface area is 187 Å². The Morgan fingerprint density at radius 2 is 2.09 bits per heavy atom. The van der Waals surface area contributed by atoms with Crippen LogP contribution in [0.4, 0.5) is 0 Å². The fourth-order valence-electron chi connectivity index (χ4n) is 3.26.